The summed E-state index contributed by atoms with van der Waals surface area (Å²) in [5, 5.41) is 0.170. The second kappa shape index (κ2) is 3.16. The molecule has 1 atom stereocenters. The smallest absolute Gasteiger partial charge is 0.307 e. The quantitative estimate of drug-likeness (QED) is 0.495. The van der Waals surface area contributed by atoms with E-state index in [4.69, 9.17) is 4.89 Å². The van der Waals surface area contributed by atoms with E-state index in [2.05, 4.69) is 12.2 Å². The van der Waals surface area contributed by atoms with Crippen molar-refractivity contribution >= 4 is 29.4 Å². The highest BCUT2D eigenvalue weighted by molar-refractivity contribution is 8.84. The van der Waals surface area contributed by atoms with Crippen molar-refractivity contribution in [1.82, 2.24) is 0 Å². The van der Waals surface area contributed by atoms with Gasteiger partial charge in [0.25, 0.3) is 0 Å². The lowest BCUT2D eigenvalue weighted by atomic mass is 10.6. The second-order valence-corrected chi connectivity index (χ2v) is 8.34. The molecule has 0 heterocycles. The highest BCUT2D eigenvalue weighted by atomic mass is 33.1. The standard InChI is InChI=1S/C3H9O2PS2/c1-3(2)8-6(4,5)7/h3H,1-2H3,(H2,4,5,7). The zero-order valence-corrected chi connectivity index (χ0v) is 7.34. The minimum Gasteiger partial charge on any atom is -0.329 e. The van der Waals surface area contributed by atoms with Gasteiger partial charge in [0.05, 0.1) is 0 Å². The van der Waals surface area contributed by atoms with Crippen molar-refractivity contribution in [3.63, 3.8) is 0 Å². The Bertz CT molecular complexity index is 108. The first-order chi connectivity index (χ1) is 3.42. The molecule has 0 aliphatic carbocycles. The summed E-state index contributed by atoms with van der Waals surface area (Å²) in [7, 11) is 0. The van der Waals surface area contributed by atoms with Crippen molar-refractivity contribution < 1.29 is 9.46 Å². The molecule has 0 saturated carbocycles. The molecule has 1 unspecified atom stereocenters. The Kier molecular flexibility index (Phi) is 3.51. The molecule has 0 aromatic heterocycles. The third-order valence-corrected chi connectivity index (χ3v) is 3.98. The predicted molar refractivity (Wildman–Crippen MR) is 41.5 cm³/mol. The van der Waals surface area contributed by atoms with E-state index >= 15 is 0 Å². The lowest BCUT2D eigenvalue weighted by molar-refractivity contribution is 0.514. The first-order valence-corrected chi connectivity index (χ1v) is 6.45. The van der Waals surface area contributed by atoms with Gasteiger partial charge in [-0.25, -0.2) is 0 Å². The van der Waals surface area contributed by atoms with Gasteiger partial charge in [-0.05, 0) is 0 Å². The van der Waals surface area contributed by atoms with Crippen LogP contribution in [0.4, 0.5) is 0 Å². The molecule has 0 saturated heterocycles. The van der Waals surface area contributed by atoms with Crippen LogP contribution in [0.25, 0.3) is 0 Å². The molecule has 0 fully saturated rings. The third kappa shape index (κ3) is 6.89. The van der Waals surface area contributed by atoms with Gasteiger partial charge >= 0.3 is 5.77 Å². The van der Waals surface area contributed by atoms with Crippen molar-refractivity contribution in [3.05, 3.63) is 0 Å². The highest BCUT2D eigenvalue weighted by Gasteiger charge is 2.13. The molecule has 0 radical (unpaired) electrons. The summed E-state index contributed by atoms with van der Waals surface area (Å²) < 4.78 is 10.4. The molecule has 50 valence electrons. The van der Waals surface area contributed by atoms with E-state index in [0.29, 0.717) is 0 Å². The van der Waals surface area contributed by atoms with Crippen molar-refractivity contribution in [3.8, 4) is 0 Å². The van der Waals surface area contributed by atoms with Crippen LogP contribution in [0.2, 0.25) is 0 Å². The van der Waals surface area contributed by atoms with E-state index in [-0.39, 0.29) is 5.25 Å². The Morgan fingerprint density at radius 2 is 2.12 bits per heavy atom. The fourth-order valence-corrected chi connectivity index (χ4v) is 4.17. The Morgan fingerprint density at radius 3 is 2.12 bits per heavy atom. The largest absolute Gasteiger partial charge is 0.329 e. The maximum Gasteiger partial charge on any atom is 0.307 e. The van der Waals surface area contributed by atoms with Gasteiger partial charge in [0.2, 0.25) is 0 Å². The van der Waals surface area contributed by atoms with Crippen molar-refractivity contribution in [2.24, 2.45) is 0 Å². The molecule has 5 heteroatoms. The van der Waals surface area contributed by atoms with Gasteiger partial charge in [0, 0.05) is 5.25 Å². The maximum atomic E-state index is 10.4. The molecule has 0 spiro atoms. The van der Waals surface area contributed by atoms with Crippen LogP contribution in [0, 0.1) is 0 Å². The summed E-state index contributed by atoms with van der Waals surface area (Å²) in [6, 6.07) is 0. The molecule has 0 rings (SSSR count). The zero-order chi connectivity index (χ0) is 6.78. The Morgan fingerprint density at radius 1 is 1.75 bits per heavy atom. The molecule has 0 bridgehead atoms. The van der Waals surface area contributed by atoms with Gasteiger partial charge in [-0.1, -0.05) is 37.5 Å². The van der Waals surface area contributed by atoms with E-state index in [1.807, 2.05) is 13.8 Å². The number of rotatable bonds is 2. The van der Waals surface area contributed by atoms with E-state index in [9.17, 15) is 4.57 Å². The molecule has 0 amide bonds. The Balaban J connectivity index is 3.56. The monoisotopic (exact) mass is 172 g/mol. The van der Waals surface area contributed by atoms with Crippen LogP contribution in [0.1, 0.15) is 13.8 Å². The fourth-order valence-electron chi connectivity index (χ4n) is 0.275. The Hall–Kier alpha value is 0.890. The predicted octanol–water partition coefficient (Wildman–Crippen LogP) is 2.16. The second-order valence-electron chi connectivity index (χ2n) is 1.64. The molecule has 1 N–H and O–H groups in total. The van der Waals surface area contributed by atoms with Crippen LogP contribution < -0.4 is 0 Å². The topological polar surface area (TPSA) is 37.3 Å². The molecule has 0 aromatic carbocycles. The molecule has 0 aliphatic rings. The first kappa shape index (κ1) is 8.89. The van der Waals surface area contributed by atoms with Crippen LogP contribution in [0.5, 0.6) is 0 Å². The molecule has 8 heavy (non-hydrogen) atoms. The van der Waals surface area contributed by atoms with Crippen molar-refractivity contribution in [1.29, 1.82) is 0 Å². The summed E-state index contributed by atoms with van der Waals surface area (Å²) >= 11 is 4.46. The summed E-state index contributed by atoms with van der Waals surface area (Å²) in [5.41, 5.74) is 0. The fraction of sp³-hybridized carbons (Fsp3) is 1.00. The molecule has 2 nitrogen and oxygen atoms in total. The van der Waals surface area contributed by atoms with Crippen LogP contribution in [-0.4, -0.2) is 10.1 Å². The van der Waals surface area contributed by atoms with Gasteiger partial charge in [0.15, 0.2) is 0 Å². The molecular weight excluding hydrogens is 163 g/mol. The average molecular weight is 172 g/mol. The summed E-state index contributed by atoms with van der Waals surface area (Å²) in [4.78, 5) is 8.57. The minimum absolute atomic E-state index is 0.170. The average Bonchev–Trinajstić information content (AvgIpc) is 1.21. The van der Waals surface area contributed by atoms with Crippen LogP contribution in [0.3, 0.4) is 0 Å². The summed E-state index contributed by atoms with van der Waals surface area (Å²) in [6.07, 6.45) is 0. The lowest BCUT2D eigenvalue weighted by Crippen LogP contribution is -1.81. The highest BCUT2D eigenvalue weighted by Crippen LogP contribution is 2.60. The summed E-state index contributed by atoms with van der Waals surface area (Å²) in [5.74, 6) is -3.11. The van der Waals surface area contributed by atoms with Crippen LogP contribution in [0.15, 0.2) is 0 Å². The number of hydrogen-bond acceptors (Lipinski definition) is 2. The number of hydrogen-bond donors (Lipinski definition) is 2. The normalized spacial score (nSPS) is 18.6. The van der Waals surface area contributed by atoms with Crippen LogP contribution >= 0.6 is 29.4 Å². The van der Waals surface area contributed by atoms with E-state index in [0.717, 1.165) is 11.4 Å². The first-order valence-electron chi connectivity index (χ1n) is 2.16. The van der Waals surface area contributed by atoms with Gasteiger partial charge in [-0.3, -0.25) is 4.57 Å². The van der Waals surface area contributed by atoms with Gasteiger partial charge < -0.3 is 4.89 Å². The van der Waals surface area contributed by atoms with E-state index in [1.54, 1.807) is 0 Å². The molecule has 0 aliphatic heterocycles. The molecular formula is C3H9O2PS2. The Labute approximate surface area is 58.4 Å². The SMILES string of the molecule is CC(C)SP(=O)(O)S. The lowest BCUT2D eigenvalue weighted by Gasteiger charge is -2.04. The minimum atomic E-state index is -3.11. The third-order valence-electron chi connectivity index (χ3n) is 0.348. The maximum absolute atomic E-state index is 10.4. The van der Waals surface area contributed by atoms with Crippen molar-refractivity contribution in [2.45, 2.75) is 19.1 Å². The van der Waals surface area contributed by atoms with E-state index < -0.39 is 5.77 Å². The van der Waals surface area contributed by atoms with Gasteiger partial charge in [-0.2, -0.15) is 0 Å². The molecule has 0 aromatic rings. The summed E-state index contributed by atoms with van der Waals surface area (Å²) in [6.45, 7) is 3.70. The van der Waals surface area contributed by atoms with Gasteiger partial charge in [-0.15, -0.1) is 0 Å². The number of thiol groups is 1. The van der Waals surface area contributed by atoms with Crippen molar-refractivity contribution in [2.75, 3.05) is 0 Å². The zero-order valence-electron chi connectivity index (χ0n) is 4.74. The van der Waals surface area contributed by atoms with E-state index in [1.165, 1.54) is 0 Å². The van der Waals surface area contributed by atoms with Gasteiger partial charge in [0.1, 0.15) is 0 Å². The van der Waals surface area contributed by atoms with Crippen LogP contribution in [-0.2, 0) is 4.57 Å².